The van der Waals surface area contributed by atoms with Crippen LogP contribution in [0.3, 0.4) is 0 Å². The summed E-state index contributed by atoms with van der Waals surface area (Å²) in [5, 5.41) is 0.893. The summed E-state index contributed by atoms with van der Waals surface area (Å²) >= 11 is 3.41. The van der Waals surface area contributed by atoms with Crippen LogP contribution in [0.5, 0.6) is 0 Å². The van der Waals surface area contributed by atoms with Gasteiger partial charge in [0.05, 0.1) is 13.2 Å². The number of anilines is 1. The van der Waals surface area contributed by atoms with Crippen molar-refractivity contribution in [1.82, 2.24) is 0 Å². The Labute approximate surface area is 105 Å². The molecular formula is C13H16BrNO. The number of para-hydroxylation sites is 1. The van der Waals surface area contributed by atoms with E-state index in [1.54, 1.807) is 0 Å². The molecule has 0 radical (unpaired) electrons. The minimum absolute atomic E-state index is 0.830. The lowest BCUT2D eigenvalue weighted by Crippen LogP contribution is -2.36. The van der Waals surface area contributed by atoms with Crippen molar-refractivity contribution >= 4 is 27.7 Å². The normalized spacial score (nSPS) is 16.9. The number of allylic oxidation sites excluding steroid dienone is 1. The maximum absolute atomic E-state index is 5.38. The molecule has 0 N–H and O–H groups in total. The number of rotatable bonds is 3. The maximum atomic E-state index is 5.38. The van der Waals surface area contributed by atoms with Gasteiger partial charge < -0.3 is 9.64 Å². The van der Waals surface area contributed by atoms with Crippen LogP contribution in [-0.2, 0) is 4.74 Å². The second-order valence-electron chi connectivity index (χ2n) is 3.71. The molecule has 0 spiro atoms. The molecule has 2 rings (SSSR count). The van der Waals surface area contributed by atoms with Gasteiger partial charge in [-0.1, -0.05) is 46.3 Å². The molecule has 1 heterocycles. The molecule has 1 fully saturated rings. The van der Waals surface area contributed by atoms with Crippen LogP contribution >= 0.6 is 15.9 Å². The van der Waals surface area contributed by atoms with Gasteiger partial charge in [-0.25, -0.2) is 0 Å². The van der Waals surface area contributed by atoms with E-state index in [0.717, 1.165) is 31.6 Å². The quantitative estimate of drug-likeness (QED) is 0.790. The molecule has 0 atom stereocenters. The molecule has 3 heteroatoms. The number of halogens is 1. The van der Waals surface area contributed by atoms with E-state index in [4.69, 9.17) is 4.74 Å². The minimum Gasteiger partial charge on any atom is -0.378 e. The zero-order valence-electron chi connectivity index (χ0n) is 9.23. The van der Waals surface area contributed by atoms with Crippen molar-refractivity contribution < 1.29 is 4.74 Å². The topological polar surface area (TPSA) is 12.5 Å². The Balaban J connectivity index is 2.20. The van der Waals surface area contributed by atoms with Crippen molar-refractivity contribution in [3.63, 3.8) is 0 Å². The van der Waals surface area contributed by atoms with E-state index in [0.29, 0.717) is 0 Å². The number of benzene rings is 1. The van der Waals surface area contributed by atoms with E-state index < -0.39 is 0 Å². The first-order valence-corrected chi connectivity index (χ1v) is 6.68. The van der Waals surface area contributed by atoms with Gasteiger partial charge in [-0.05, 0) is 11.6 Å². The molecule has 86 valence electrons. The standard InChI is InChI=1S/C13H16BrNO/c14-7-3-5-12-4-1-2-6-13(12)15-8-10-16-11-9-15/h1-6H,7-11H2. The fourth-order valence-electron chi connectivity index (χ4n) is 1.89. The Kier molecular flexibility index (Phi) is 4.43. The highest BCUT2D eigenvalue weighted by Crippen LogP contribution is 2.22. The molecule has 0 saturated carbocycles. The van der Waals surface area contributed by atoms with Gasteiger partial charge in [-0.2, -0.15) is 0 Å². The average molecular weight is 282 g/mol. The second-order valence-corrected chi connectivity index (χ2v) is 4.36. The van der Waals surface area contributed by atoms with Gasteiger partial charge in [0.2, 0.25) is 0 Å². The molecular weight excluding hydrogens is 266 g/mol. The largest absolute Gasteiger partial charge is 0.378 e. The van der Waals surface area contributed by atoms with Crippen molar-refractivity contribution in [2.24, 2.45) is 0 Å². The molecule has 1 aromatic carbocycles. The lowest BCUT2D eigenvalue weighted by molar-refractivity contribution is 0.122. The highest BCUT2D eigenvalue weighted by atomic mass is 79.9. The first-order valence-electron chi connectivity index (χ1n) is 5.56. The van der Waals surface area contributed by atoms with E-state index in [9.17, 15) is 0 Å². The van der Waals surface area contributed by atoms with Crippen LogP contribution in [-0.4, -0.2) is 31.6 Å². The average Bonchev–Trinajstić information content (AvgIpc) is 2.38. The van der Waals surface area contributed by atoms with Crippen LogP contribution in [0.4, 0.5) is 5.69 Å². The van der Waals surface area contributed by atoms with Crippen LogP contribution in [0.2, 0.25) is 0 Å². The summed E-state index contributed by atoms with van der Waals surface area (Å²) in [4.78, 5) is 2.39. The van der Waals surface area contributed by atoms with Crippen molar-refractivity contribution in [2.45, 2.75) is 0 Å². The van der Waals surface area contributed by atoms with Crippen LogP contribution in [0.25, 0.3) is 6.08 Å². The van der Waals surface area contributed by atoms with Crippen LogP contribution in [0, 0.1) is 0 Å². The summed E-state index contributed by atoms with van der Waals surface area (Å²) in [7, 11) is 0. The Hall–Kier alpha value is -0.800. The molecule has 0 bridgehead atoms. The molecule has 0 amide bonds. The number of alkyl halides is 1. The Bertz CT molecular complexity index is 359. The number of ether oxygens (including phenoxy) is 1. The maximum Gasteiger partial charge on any atom is 0.0642 e. The van der Waals surface area contributed by atoms with Crippen LogP contribution in [0.15, 0.2) is 30.3 Å². The fourth-order valence-corrected chi connectivity index (χ4v) is 2.08. The molecule has 1 aliphatic rings. The third-order valence-electron chi connectivity index (χ3n) is 2.68. The van der Waals surface area contributed by atoms with Gasteiger partial charge >= 0.3 is 0 Å². The number of hydrogen-bond acceptors (Lipinski definition) is 2. The number of nitrogens with zero attached hydrogens (tertiary/aromatic N) is 1. The lowest BCUT2D eigenvalue weighted by atomic mass is 10.1. The summed E-state index contributed by atoms with van der Waals surface area (Å²) in [6.07, 6.45) is 4.29. The molecule has 1 saturated heterocycles. The van der Waals surface area contributed by atoms with Gasteiger partial charge in [0.25, 0.3) is 0 Å². The lowest BCUT2D eigenvalue weighted by Gasteiger charge is -2.30. The Morgan fingerprint density at radius 3 is 2.75 bits per heavy atom. The Morgan fingerprint density at radius 2 is 2.00 bits per heavy atom. The minimum atomic E-state index is 0.830. The molecule has 2 nitrogen and oxygen atoms in total. The predicted molar refractivity (Wildman–Crippen MR) is 72.3 cm³/mol. The molecule has 16 heavy (non-hydrogen) atoms. The highest BCUT2D eigenvalue weighted by Gasteiger charge is 2.12. The zero-order chi connectivity index (χ0) is 11.2. The molecule has 0 aliphatic carbocycles. The van der Waals surface area contributed by atoms with Crippen LogP contribution in [0.1, 0.15) is 5.56 Å². The number of morpholine rings is 1. The zero-order valence-corrected chi connectivity index (χ0v) is 10.8. The molecule has 1 aliphatic heterocycles. The third-order valence-corrected chi connectivity index (χ3v) is 3.05. The summed E-state index contributed by atoms with van der Waals surface area (Å²) in [6, 6.07) is 8.51. The second kappa shape index (κ2) is 6.06. The molecule has 1 aromatic rings. The predicted octanol–water partition coefficient (Wildman–Crippen LogP) is 2.93. The van der Waals surface area contributed by atoms with Gasteiger partial charge in [0.15, 0.2) is 0 Å². The van der Waals surface area contributed by atoms with Gasteiger partial charge in [0.1, 0.15) is 0 Å². The summed E-state index contributed by atoms with van der Waals surface area (Å²) < 4.78 is 5.38. The van der Waals surface area contributed by atoms with E-state index >= 15 is 0 Å². The highest BCUT2D eigenvalue weighted by molar-refractivity contribution is 9.09. The van der Waals surface area contributed by atoms with Gasteiger partial charge in [-0.15, -0.1) is 0 Å². The summed E-state index contributed by atoms with van der Waals surface area (Å²) in [5.74, 6) is 0. The summed E-state index contributed by atoms with van der Waals surface area (Å²) in [5.41, 5.74) is 2.59. The van der Waals surface area contributed by atoms with E-state index in [2.05, 4.69) is 57.2 Å². The van der Waals surface area contributed by atoms with E-state index in [1.165, 1.54) is 11.3 Å². The smallest absolute Gasteiger partial charge is 0.0642 e. The van der Waals surface area contributed by atoms with Gasteiger partial charge in [-0.3, -0.25) is 0 Å². The first kappa shape index (κ1) is 11.7. The van der Waals surface area contributed by atoms with Gasteiger partial charge in [0, 0.05) is 24.1 Å². The first-order chi connectivity index (χ1) is 7.92. The van der Waals surface area contributed by atoms with E-state index in [1.807, 2.05) is 0 Å². The van der Waals surface area contributed by atoms with Crippen LogP contribution < -0.4 is 4.90 Å². The van der Waals surface area contributed by atoms with E-state index in [-0.39, 0.29) is 0 Å². The van der Waals surface area contributed by atoms with Crippen molar-refractivity contribution in [2.75, 3.05) is 36.5 Å². The van der Waals surface area contributed by atoms with Crippen molar-refractivity contribution in [3.05, 3.63) is 35.9 Å². The fraction of sp³-hybridized carbons (Fsp3) is 0.385. The van der Waals surface area contributed by atoms with Crippen molar-refractivity contribution in [3.8, 4) is 0 Å². The SMILES string of the molecule is BrCC=Cc1ccccc1N1CCOCC1. The third kappa shape index (κ3) is 2.86. The number of hydrogen-bond donors (Lipinski definition) is 0. The van der Waals surface area contributed by atoms with Crippen molar-refractivity contribution in [1.29, 1.82) is 0 Å². The molecule has 0 aromatic heterocycles. The Morgan fingerprint density at radius 1 is 1.25 bits per heavy atom. The molecule has 0 unspecified atom stereocenters. The summed E-state index contributed by atoms with van der Waals surface area (Å²) in [6.45, 7) is 3.63. The monoisotopic (exact) mass is 281 g/mol.